The summed E-state index contributed by atoms with van der Waals surface area (Å²) in [6.07, 6.45) is 14.0. The Kier molecular flexibility index (Phi) is 5.60. The number of nitrogens with zero attached hydrogens (tertiary/aromatic N) is 1. The third-order valence-electron chi connectivity index (χ3n) is 6.45. The van der Waals surface area contributed by atoms with Crippen molar-refractivity contribution in [2.45, 2.75) is 70.1 Å². The van der Waals surface area contributed by atoms with Gasteiger partial charge in [-0.25, -0.2) is 0 Å². The second kappa shape index (κ2) is 7.99. The van der Waals surface area contributed by atoms with Crippen molar-refractivity contribution in [1.82, 2.24) is 0 Å². The van der Waals surface area contributed by atoms with E-state index in [-0.39, 0.29) is 0 Å². The molecular weight excluding hydrogens is 358 g/mol. The van der Waals surface area contributed by atoms with Gasteiger partial charge in [0.05, 0.1) is 0 Å². The smallest absolute Gasteiger partial charge is 0.0483 e. The summed E-state index contributed by atoms with van der Waals surface area (Å²) in [5, 5.41) is 0. The molecule has 0 bridgehead atoms. The molecule has 0 N–H and O–H groups in total. The average Bonchev–Trinajstić information content (AvgIpc) is 3.43. The molecule has 3 aliphatic rings. The summed E-state index contributed by atoms with van der Waals surface area (Å²) in [5.74, 6) is 1.42. The Balaban J connectivity index is 1.82. The molecule has 2 heteroatoms. The number of thiol groups is 1. The highest BCUT2D eigenvalue weighted by Crippen LogP contribution is 2.52. The molecule has 148 valence electrons. The van der Waals surface area contributed by atoms with Crippen LogP contribution >= 0.6 is 12.6 Å². The van der Waals surface area contributed by atoms with E-state index in [0.717, 1.165) is 23.8 Å². The van der Waals surface area contributed by atoms with Crippen LogP contribution in [0.15, 0.2) is 64.3 Å². The largest absolute Gasteiger partial charge is 0.340 e. The minimum Gasteiger partial charge on any atom is -0.340 e. The Labute approximate surface area is 176 Å². The second-order valence-corrected chi connectivity index (χ2v) is 9.42. The van der Waals surface area contributed by atoms with Gasteiger partial charge in [0.2, 0.25) is 0 Å². The standard InChI is InChI=1S/C26H33NS/c1-5-18(8-7-17(3)4)16-27-25-19(6-2)9-12-21(25)13-22-14-23(28)15-24(26(22)27)20-10-11-20/h5,7-8,14-15,19-20,28H,1,6,9-13,16H2,2-4H3/b18-8+/t19-/m0/s1. The lowest BCUT2D eigenvalue weighted by molar-refractivity contribution is 0.569. The quantitative estimate of drug-likeness (QED) is 0.391. The zero-order chi connectivity index (χ0) is 19.8. The third kappa shape index (κ3) is 3.76. The Morgan fingerprint density at radius 2 is 2.00 bits per heavy atom. The van der Waals surface area contributed by atoms with Crippen LogP contribution in [0.25, 0.3) is 0 Å². The van der Waals surface area contributed by atoms with Gasteiger partial charge in [-0.3, -0.25) is 0 Å². The fourth-order valence-electron chi connectivity index (χ4n) is 4.92. The van der Waals surface area contributed by atoms with E-state index >= 15 is 0 Å². The van der Waals surface area contributed by atoms with Gasteiger partial charge in [0, 0.05) is 22.8 Å². The molecular formula is C26H33NS. The summed E-state index contributed by atoms with van der Waals surface area (Å²) in [4.78, 5) is 3.79. The number of fused-ring (bicyclic) bond motifs is 1. The van der Waals surface area contributed by atoms with E-state index < -0.39 is 0 Å². The maximum Gasteiger partial charge on any atom is 0.0483 e. The van der Waals surface area contributed by atoms with Crippen LogP contribution in [0.1, 0.15) is 69.9 Å². The van der Waals surface area contributed by atoms with Crippen LogP contribution in [0.2, 0.25) is 0 Å². The molecule has 2 aliphatic carbocycles. The molecule has 0 amide bonds. The van der Waals surface area contributed by atoms with E-state index in [4.69, 9.17) is 12.6 Å². The van der Waals surface area contributed by atoms with E-state index in [2.05, 4.69) is 56.5 Å². The Morgan fingerprint density at radius 1 is 1.21 bits per heavy atom. The molecule has 1 heterocycles. The molecule has 0 unspecified atom stereocenters. The highest BCUT2D eigenvalue weighted by atomic mass is 32.1. The number of benzene rings is 1. The lowest BCUT2D eigenvalue weighted by Crippen LogP contribution is -2.32. The van der Waals surface area contributed by atoms with Gasteiger partial charge < -0.3 is 4.90 Å². The maximum atomic E-state index is 4.75. The highest BCUT2D eigenvalue weighted by molar-refractivity contribution is 7.80. The van der Waals surface area contributed by atoms with Crippen molar-refractivity contribution in [1.29, 1.82) is 0 Å². The maximum absolute atomic E-state index is 4.75. The van der Waals surface area contributed by atoms with Crippen molar-refractivity contribution in [2.24, 2.45) is 5.92 Å². The molecule has 1 saturated carbocycles. The summed E-state index contributed by atoms with van der Waals surface area (Å²) in [7, 11) is 0. The predicted molar refractivity (Wildman–Crippen MR) is 124 cm³/mol. The number of hydrogen-bond acceptors (Lipinski definition) is 2. The minimum atomic E-state index is 0.695. The van der Waals surface area contributed by atoms with Crippen LogP contribution in [0.5, 0.6) is 0 Å². The van der Waals surface area contributed by atoms with Crippen LogP contribution in [-0.4, -0.2) is 6.54 Å². The van der Waals surface area contributed by atoms with Crippen LogP contribution in [-0.2, 0) is 6.42 Å². The van der Waals surface area contributed by atoms with Gasteiger partial charge in [-0.05, 0) is 98.6 Å². The lowest BCUT2D eigenvalue weighted by atomic mass is 9.90. The van der Waals surface area contributed by atoms with Crippen molar-refractivity contribution >= 4 is 18.3 Å². The second-order valence-electron chi connectivity index (χ2n) is 8.90. The van der Waals surface area contributed by atoms with E-state index in [1.165, 1.54) is 60.1 Å². The highest BCUT2D eigenvalue weighted by Gasteiger charge is 2.38. The summed E-state index contributed by atoms with van der Waals surface area (Å²) < 4.78 is 0. The molecule has 0 aromatic heterocycles. The first-order valence-corrected chi connectivity index (χ1v) is 11.3. The molecule has 1 aromatic rings. The van der Waals surface area contributed by atoms with Gasteiger partial charge in [0.25, 0.3) is 0 Å². The van der Waals surface area contributed by atoms with Crippen LogP contribution < -0.4 is 4.90 Å². The zero-order valence-electron chi connectivity index (χ0n) is 17.6. The number of allylic oxidation sites excluding steroid dienone is 5. The monoisotopic (exact) mass is 391 g/mol. The number of anilines is 1. The van der Waals surface area contributed by atoms with Crippen molar-refractivity contribution in [3.8, 4) is 0 Å². The molecule has 4 rings (SSSR count). The molecule has 1 nitrogen and oxygen atoms in total. The molecule has 1 aliphatic heterocycles. The zero-order valence-corrected chi connectivity index (χ0v) is 18.5. The summed E-state index contributed by atoms with van der Waals surface area (Å²) >= 11 is 4.75. The van der Waals surface area contributed by atoms with Crippen LogP contribution in [0.4, 0.5) is 5.69 Å². The molecule has 0 spiro atoms. The first kappa shape index (κ1) is 19.6. The first-order valence-electron chi connectivity index (χ1n) is 10.8. The Morgan fingerprint density at radius 3 is 2.64 bits per heavy atom. The van der Waals surface area contributed by atoms with E-state index in [1.54, 1.807) is 11.3 Å². The summed E-state index contributed by atoms with van der Waals surface area (Å²) in [5.41, 5.74) is 10.4. The van der Waals surface area contributed by atoms with Crippen molar-refractivity contribution in [3.05, 3.63) is 70.5 Å². The summed E-state index contributed by atoms with van der Waals surface area (Å²) in [6, 6.07) is 4.65. The van der Waals surface area contributed by atoms with Gasteiger partial charge in [-0.1, -0.05) is 37.3 Å². The molecule has 28 heavy (non-hydrogen) atoms. The molecule has 1 aromatic carbocycles. The van der Waals surface area contributed by atoms with Gasteiger partial charge >= 0.3 is 0 Å². The van der Waals surface area contributed by atoms with Crippen molar-refractivity contribution in [2.75, 3.05) is 11.4 Å². The molecule has 0 saturated heterocycles. The van der Waals surface area contributed by atoms with E-state index in [9.17, 15) is 0 Å². The van der Waals surface area contributed by atoms with Crippen LogP contribution in [0.3, 0.4) is 0 Å². The Hall–Kier alpha value is -1.67. The predicted octanol–water partition coefficient (Wildman–Crippen LogP) is 7.37. The van der Waals surface area contributed by atoms with E-state index in [0.29, 0.717) is 5.92 Å². The van der Waals surface area contributed by atoms with Crippen LogP contribution in [0, 0.1) is 5.92 Å². The van der Waals surface area contributed by atoms with Gasteiger partial charge in [0.15, 0.2) is 0 Å². The minimum absolute atomic E-state index is 0.695. The SMILES string of the molecule is C=C/C(=C\C=C(C)C)CN1C2=C(CC[C@@H]2CC)Cc2cc(S)cc(C3CC3)c21. The average molecular weight is 392 g/mol. The fraction of sp³-hybridized carbons (Fsp3) is 0.462. The van der Waals surface area contributed by atoms with Crippen molar-refractivity contribution < 1.29 is 0 Å². The Bertz CT molecular complexity index is 878. The number of hydrogen-bond donors (Lipinski definition) is 1. The van der Waals surface area contributed by atoms with Gasteiger partial charge in [-0.15, -0.1) is 12.6 Å². The fourth-order valence-corrected chi connectivity index (χ4v) is 5.21. The van der Waals surface area contributed by atoms with Crippen molar-refractivity contribution in [3.63, 3.8) is 0 Å². The van der Waals surface area contributed by atoms with Gasteiger partial charge in [0.1, 0.15) is 0 Å². The summed E-state index contributed by atoms with van der Waals surface area (Å²) in [6.45, 7) is 11.7. The first-order chi connectivity index (χ1) is 13.5. The molecule has 1 atom stereocenters. The molecule has 0 radical (unpaired) electrons. The third-order valence-corrected chi connectivity index (χ3v) is 6.71. The lowest BCUT2D eigenvalue weighted by Gasteiger charge is -2.38. The topological polar surface area (TPSA) is 3.24 Å². The van der Waals surface area contributed by atoms with E-state index in [1.807, 2.05) is 6.08 Å². The number of rotatable bonds is 6. The normalized spacial score (nSPS) is 21.5. The molecule has 1 fully saturated rings. The van der Waals surface area contributed by atoms with Gasteiger partial charge in [-0.2, -0.15) is 0 Å².